The Balaban J connectivity index is 0.000000823. The van der Waals surface area contributed by atoms with Crippen molar-refractivity contribution in [2.45, 2.75) is 274 Å². The summed E-state index contributed by atoms with van der Waals surface area (Å²) >= 11 is 0. The number of rotatable bonds is 17. The van der Waals surface area contributed by atoms with Gasteiger partial charge < -0.3 is 70.9 Å². The first-order valence-corrected chi connectivity index (χ1v) is 40.1. The van der Waals surface area contributed by atoms with Gasteiger partial charge in [0, 0.05) is 72.5 Å². The molecule has 0 aromatic carbocycles. The van der Waals surface area contributed by atoms with Crippen molar-refractivity contribution in [3.63, 3.8) is 0 Å². The molecule has 3 saturated carbocycles. The number of carbonyl (C=O) groups excluding carboxylic acids is 14. The van der Waals surface area contributed by atoms with E-state index in [2.05, 4.69) is 21.3 Å². The molecule has 11 amide bonds. The summed E-state index contributed by atoms with van der Waals surface area (Å²) in [5.41, 5.74) is -1.86. The predicted octanol–water partition coefficient (Wildman–Crippen LogP) is 5.03. The first-order valence-electron chi connectivity index (χ1n) is 40.1. The molecule has 4 aliphatic carbocycles. The number of nitrogens with one attached hydrogen (secondary N) is 4. The lowest BCUT2D eigenvalue weighted by atomic mass is 9.46. The minimum Gasteiger partial charge on any atom is -0.390 e. The Labute approximate surface area is 660 Å². The topological polar surface area (TPSA) is 370 Å². The van der Waals surface area contributed by atoms with Gasteiger partial charge in [-0.1, -0.05) is 135 Å². The molecule has 0 spiro atoms. The molecule has 626 valence electrons. The van der Waals surface area contributed by atoms with Crippen LogP contribution in [-0.4, -0.2) is 267 Å². The Morgan fingerprint density at radius 2 is 1.06 bits per heavy atom. The molecule has 0 radical (unpaired) electrons. The van der Waals surface area contributed by atoms with Gasteiger partial charge in [-0.15, -0.1) is 0 Å². The molecule has 18 atom stereocenters. The summed E-state index contributed by atoms with van der Waals surface area (Å²) < 4.78 is 0. The van der Waals surface area contributed by atoms with E-state index in [-0.39, 0.29) is 91.5 Å². The molecule has 1 saturated heterocycles. The fraction of sp³-hybridized carbons (Fsp3) is 0.759. The van der Waals surface area contributed by atoms with Gasteiger partial charge >= 0.3 is 0 Å². The van der Waals surface area contributed by atoms with Crippen molar-refractivity contribution in [3.8, 4) is 0 Å². The third-order valence-electron chi connectivity index (χ3n) is 24.1. The Hall–Kier alpha value is -7.72. The molecular formula is C83H137N11O17. The number of likely N-dealkylation sites (N-methyl/N-ethyl adjacent to an activating group) is 7. The number of amides is 11. The Morgan fingerprint density at radius 1 is 0.577 bits per heavy atom. The van der Waals surface area contributed by atoms with Crippen molar-refractivity contribution < 1.29 is 82.4 Å². The maximum absolute atomic E-state index is 15.1. The van der Waals surface area contributed by atoms with Gasteiger partial charge in [0.05, 0.1) is 12.6 Å². The Morgan fingerprint density at radius 3 is 1.57 bits per heavy atom. The highest BCUT2D eigenvalue weighted by atomic mass is 16.3. The number of carbonyl (C=O) groups is 14. The number of nitrogens with zero attached hydrogens (tertiary/aromatic N) is 7. The molecule has 0 unspecified atom stereocenters. The van der Waals surface area contributed by atoms with Gasteiger partial charge in [0.25, 0.3) is 0 Å². The summed E-state index contributed by atoms with van der Waals surface area (Å²) in [4.78, 5) is 206. The zero-order valence-corrected chi connectivity index (χ0v) is 71.4. The van der Waals surface area contributed by atoms with Crippen molar-refractivity contribution in [3.05, 3.63) is 36.0 Å². The van der Waals surface area contributed by atoms with Gasteiger partial charge in [-0.25, -0.2) is 0 Å². The summed E-state index contributed by atoms with van der Waals surface area (Å²) in [5.74, 6) is -10.3. The van der Waals surface area contributed by atoms with E-state index in [9.17, 15) is 72.9 Å². The van der Waals surface area contributed by atoms with E-state index in [1.165, 1.54) is 87.7 Å². The molecule has 0 bridgehead atoms. The van der Waals surface area contributed by atoms with Gasteiger partial charge in [-0.05, 0) is 150 Å². The highest BCUT2D eigenvalue weighted by Gasteiger charge is 2.68. The molecule has 5 rings (SSSR count). The van der Waals surface area contributed by atoms with Gasteiger partial charge in [-0.2, -0.15) is 0 Å². The van der Waals surface area contributed by atoms with E-state index < -0.39 is 185 Å². The van der Waals surface area contributed by atoms with Crippen molar-refractivity contribution in [2.75, 3.05) is 62.5 Å². The van der Waals surface area contributed by atoms with Gasteiger partial charge in [0.15, 0.2) is 11.6 Å². The lowest BCUT2D eigenvalue weighted by Crippen LogP contribution is -2.63. The van der Waals surface area contributed by atoms with E-state index in [0.29, 0.717) is 19.3 Å². The summed E-state index contributed by atoms with van der Waals surface area (Å²) in [7, 11) is 9.92. The highest BCUT2D eigenvalue weighted by molar-refractivity contribution is 6.03. The van der Waals surface area contributed by atoms with E-state index in [0.717, 1.165) is 28.2 Å². The minimum absolute atomic E-state index is 0.0206. The third-order valence-corrected chi connectivity index (χ3v) is 24.1. The summed E-state index contributed by atoms with van der Waals surface area (Å²) in [6.45, 7) is 32.5. The van der Waals surface area contributed by atoms with Crippen LogP contribution in [0.1, 0.15) is 202 Å². The van der Waals surface area contributed by atoms with Crippen LogP contribution in [0.25, 0.3) is 0 Å². The van der Waals surface area contributed by atoms with Gasteiger partial charge in [-0.3, -0.25) is 67.1 Å². The van der Waals surface area contributed by atoms with Crippen LogP contribution in [0.3, 0.4) is 0 Å². The van der Waals surface area contributed by atoms with Crippen LogP contribution in [0.5, 0.6) is 0 Å². The molecule has 7 N–H and O–H groups in total. The number of hydrogen-bond acceptors (Lipinski definition) is 17. The van der Waals surface area contributed by atoms with Gasteiger partial charge in [0.2, 0.25) is 65.0 Å². The molecule has 4 fully saturated rings. The van der Waals surface area contributed by atoms with E-state index in [1.807, 2.05) is 81.4 Å². The Kier molecular flexibility index (Phi) is 34.8. The number of allylic oxidation sites excluding steroid dienone is 6. The van der Waals surface area contributed by atoms with Crippen molar-refractivity contribution in [1.82, 2.24) is 55.6 Å². The van der Waals surface area contributed by atoms with E-state index in [1.54, 1.807) is 66.7 Å². The molecule has 5 aliphatic rings. The lowest BCUT2D eigenvalue weighted by molar-refractivity contribution is -0.168. The summed E-state index contributed by atoms with van der Waals surface area (Å²) in [5, 5.41) is 43.5. The summed E-state index contributed by atoms with van der Waals surface area (Å²) in [6.07, 6.45) is 10.9. The first-order chi connectivity index (χ1) is 51.4. The average molecular weight is 1560 g/mol. The second-order valence-corrected chi connectivity index (χ2v) is 35.1. The SMILES string of the molecule is C/C=C/C[C@@H](C)[C@@H](O)[C@H]1C(=O)N[C@@H](CC)C(=O)N(C)CC(=O)N(C)[C@@H](CC(C)C)C(=O)N[C@@H](C(C)C)C(=O)N(C)[C@@H](CC(C)C)C(=O)N[C@@H](C)C(=O)N[C@H](C)C(=O)N(C)[C@@H](CC(C)C)C(=O)N(C)[C@@H](CC(C)C)C(=O)N(C)[C@@H](C(C)C)C(=O)N1C.C[C@]12C=CC(=O)C=C1CC[C@@H]1[C@@H]2C(=O)C[C@@]2(C)[C@H]1CC[C@]2(O)C(=O)CO. The molecule has 1 aliphatic heterocycles. The number of aliphatic hydroxyl groups excluding tert-OH is 2. The second-order valence-electron chi connectivity index (χ2n) is 35.1. The molecule has 28 heteroatoms. The van der Waals surface area contributed by atoms with Crippen LogP contribution < -0.4 is 21.3 Å². The van der Waals surface area contributed by atoms with Crippen LogP contribution in [0.15, 0.2) is 36.0 Å². The fourth-order valence-electron chi connectivity index (χ4n) is 17.3. The van der Waals surface area contributed by atoms with Crippen LogP contribution in [0.2, 0.25) is 0 Å². The van der Waals surface area contributed by atoms with Crippen molar-refractivity contribution in [1.29, 1.82) is 0 Å². The highest BCUT2D eigenvalue weighted by Crippen LogP contribution is 2.66. The normalized spacial score (nSPS) is 31.6. The molecule has 0 aromatic rings. The standard InChI is InChI=1S/C62H111N11O12.C21H26O5/c1-25-27-28-40(15)52(75)51-56(79)65-43(26-2)58(81)67(18)33-48(74)68(19)44(29-34(3)4)55(78)66-49(38(11)12)61(84)69(20)45(30-35(5)6)54(77)63-41(16)53(76)64-42(17)57(80)70(21)46(31-36(7)8)59(82)71(22)47(32-37(9)10)60(83)72(23)50(39(13)14)62(85)73(51)24;1-19-7-5-13(23)9-12(19)3-4-14-15-6-8-21(26,17(25)11-22)20(15,2)10-16(24)18(14)19/h25,27,34-47,49-52,75H,26,28-33H2,1-24H3,(H,63,77)(H,64,76)(H,65,79)(H,66,78);5,7,9,14-15,18,22,26H,3-4,6,8,10-11H2,1-2H3/b27-25+;/t40-,41+,42-,43+,44+,45+,46+,47+,49+,50+,51+,52-;14-,15-,18+,19-,20-,21-/m10/s1. The largest absolute Gasteiger partial charge is 0.390 e. The minimum atomic E-state index is -1.62. The molecule has 111 heavy (non-hydrogen) atoms. The monoisotopic (exact) mass is 1560 g/mol. The molecule has 28 nitrogen and oxygen atoms in total. The van der Waals surface area contributed by atoms with Crippen molar-refractivity contribution >= 4 is 82.3 Å². The zero-order valence-electron chi connectivity index (χ0n) is 71.4. The second kappa shape index (κ2) is 40.3. The van der Waals surface area contributed by atoms with Gasteiger partial charge in [0.1, 0.15) is 78.4 Å². The van der Waals surface area contributed by atoms with E-state index in [4.69, 9.17) is 0 Å². The van der Waals surface area contributed by atoms with Crippen LogP contribution in [0, 0.1) is 70.0 Å². The van der Waals surface area contributed by atoms with Crippen LogP contribution >= 0.6 is 0 Å². The Bertz CT molecular complexity index is 3480. The van der Waals surface area contributed by atoms with Crippen LogP contribution in [-0.2, 0) is 67.1 Å². The number of ketones is 3. The predicted molar refractivity (Wildman–Crippen MR) is 422 cm³/mol. The lowest BCUT2D eigenvalue weighted by Gasteiger charge is -2.56. The number of Topliss-reactive ketones (excluding diaryl/α,β-unsaturated/α-hetero) is 2. The van der Waals surface area contributed by atoms with Crippen molar-refractivity contribution in [2.24, 2.45) is 70.0 Å². The molecular weight excluding hydrogens is 1420 g/mol. The maximum atomic E-state index is 15.1. The molecule has 0 aromatic heterocycles. The fourth-order valence-corrected chi connectivity index (χ4v) is 17.3. The molecule has 1 heterocycles. The third kappa shape index (κ3) is 22.2. The number of aliphatic hydroxyl groups is 3. The number of hydrogen-bond donors (Lipinski definition) is 7. The smallest absolute Gasteiger partial charge is 0.246 e. The van der Waals surface area contributed by atoms with E-state index >= 15 is 9.59 Å². The quantitative estimate of drug-likeness (QED) is 0.0938. The summed E-state index contributed by atoms with van der Waals surface area (Å²) in [6, 6.07) is -12.3. The maximum Gasteiger partial charge on any atom is 0.246 e. The average Bonchev–Trinajstić information content (AvgIpc) is 1.60. The number of fused-ring (bicyclic) bond motifs is 5. The zero-order chi connectivity index (χ0) is 84.9. The van der Waals surface area contributed by atoms with Crippen LogP contribution in [0.4, 0.5) is 0 Å². The first kappa shape index (κ1) is 95.7.